The third-order valence-corrected chi connectivity index (χ3v) is 2.51. The summed E-state index contributed by atoms with van der Waals surface area (Å²) in [5, 5.41) is 30.7. The molecular formula is C9H17NO6. The van der Waals surface area contributed by atoms with Gasteiger partial charge in [0, 0.05) is 14.0 Å². The van der Waals surface area contributed by atoms with Crippen molar-refractivity contribution in [3.63, 3.8) is 0 Å². The number of carbonyl (C=O) groups excluding carboxylic acids is 1. The normalized spacial score (nSPS) is 39.4. The van der Waals surface area contributed by atoms with Gasteiger partial charge in [-0.3, -0.25) is 4.79 Å². The molecule has 0 aromatic heterocycles. The van der Waals surface area contributed by atoms with E-state index in [1.54, 1.807) is 0 Å². The van der Waals surface area contributed by atoms with Crippen molar-refractivity contribution in [2.45, 2.75) is 37.6 Å². The molecular weight excluding hydrogens is 218 g/mol. The van der Waals surface area contributed by atoms with Crippen LogP contribution >= 0.6 is 0 Å². The van der Waals surface area contributed by atoms with E-state index in [1.165, 1.54) is 14.0 Å². The molecule has 1 saturated heterocycles. The molecule has 4 N–H and O–H groups in total. The average Bonchev–Trinajstić information content (AvgIpc) is 2.23. The van der Waals surface area contributed by atoms with Crippen LogP contribution in [0.4, 0.5) is 0 Å². The second kappa shape index (κ2) is 5.55. The maximum absolute atomic E-state index is 10.9. The minimum atomic E-state index is -1.32. The van der Waals surface area contributed by atoms with E-state index in [4.69, 9.17) is 14.6 Å². The monoisotopic (exact) mass is 235 g/mol. The minimum absolute atomic E-state index is 0.371. The van der Waals surface area contributed by atoms with Crippen LogP contribution in [0.15, 0.2) is 0 Å². The van der Waals surface area contributed by atoms with Crippen LogP contribution in [0, 0.1) is 0 Å². The Kier molecular flexibility index (Phi) is 4.63. The Morgan fingerprint density at radius 3 is 2.56 bits per heavy atom. The molecule has 1 aliphatic rings. The number of rotatable bonds is 3. The first kappa shape index (κ1) is 13.3. The zero-order chi connectivity index (χ0) is 12.3. The highest BCUT2D eigenvalue weighted by Gasteiger charge is 2.45. The van der Waals surface area contributed by atoms with Crippen LogP contribution in [0.3, 0.4) is 0 Å². The number of nitrogens with one attached hydrogen (secondary N) is 1. The van der Waals surface area contributed by atoms with Gasteiger partial charge in [-0.25, -0.2) is 0 Å². The molecule has 1 aliphatic heterocycles. The number of carbonyl (C=O) groups is 1. The molecule has 0 bridgehead atoms. The first-order valence-electron chi connectivity index (χ1n) is 4.93. The topological polar surface area (TPSA) is 108 Å². The van der Waals surface area contributed by atoms with E-state index in [-0.39, 0.29) is 5.91 Å². The Labute approximate surface area is 93.0 Å². The highest BCUT2D eigenvalue weighted by molar-refractivity contribution is 5.73. The zero-order valence-corrected chi connectivity index (χ0v) is 9.16. The van der Waals surface area contributed by atoms with Crippen molar-refractivity contribution in [2.24, 2.45) is 0 Å². The van der Waals surface area contributed by atoms with Crippen LogP contribution in [-0.4, -0.2) is 65.6 Å². The molecule has 0 spiro atoms. The molecule has 0 aromatic carbocycles. The van der Waals surface area contributed by atoms with Crippen molar-refractivity contribution >= 4 is 5.91 Å². The van der Waals surface area contributed by atoms with Crippen molar-refractivity contribution in [3.8, 4) is 0 Å². The molecule has 7 heteroatoms. The summed E-state index contributed by atoms with van der Waals surface area (Å²) in [7, 11) is 1.34. The van der Waals surface area contributed by atoms with E-state index >= 15 is 0 Å². The van der Waals surface area contributed by atoms with Crippen LogP contribution in [0.25, 0.3) is 0 Å². The lowest BCUT2D eigenvalue weighted by Gasteiger charge is -2.41. The first-order chi connectivity index (χ1) is 7.51. The summed E-state index contributed by atoms with van der Waals surface area (Å²) < 4.78 is 9.96. The number of hydrogen-bond acceptors (Lipinski definition) is 6. The van der Waals surface area contributed by atoms with E-state index in [9.17, 15) is 15.0 Å². The van der Waals surface area contributed by atoms with Gasteiger partial charge in [-0.2, -0.15) is 0 Å². The second-order valence-electron chi connectivity index (χ2n) is 3.66. The molecule has 94 valence electrons. The quantitative estimate of drug-likeness (QED) is 0.433. The summed E-state index contributed by atoms with van der Waals surface area (Å²) in [5.74, 6) is -0.371. The van der Waals surface area contributed by atoms with Crippen LogP contribution in [0.2, 0.25) is 0 Å². The Balaban J connectivity index is 2.78. The first-order valence-corrected chi connectivity index (χ1v) is 4.93. The molecule has 2 unspecified atom stereocenters. The van der Waals surface area contributed by atoms with Gasteiger partial charge in [-0.15, -0.1) is 0 Å². The Morgan fingerprint density at radius 2 is 2.12 bits per heavy atom. The molecule has 5 atom stereocenters. The molecule has 0 saturated carbocycles. The summed E-state index contributed by atoms with van der Waals surface area (Å²) in [6.45, 7) is 0.842. The van der Waals surface area contributed by atoms with E-state index in [0.717, 1.165) is 0 Å². The van der Waals surface area contributed by atoms with Crippen molar-refractivity contribution in [1.82, 2.24) is 5.32 Å². The maximum atomic E-state index is 10.9. The molecule has 1 amide bonds. The van der Waals surface area contributed by atoms with Crippen molar-refractivity contribution in [1.29, 1.82) is 0 Å². The predicted molar refractivity (Wildman–Crippen MR) is 52.4 cm³/mol. The molecule has 1 heterocycles. The number of aliphatic hydroxyl groups excluding tert-OH is 3. The summed E-state index contributed by atoms with van der Waals surface area (Å²) in [4.78, 5) is 10.9. The SMILES string of the molecule is COC1[C@@H](O)C(CO)O[C@H](O)[C@@H]1NC(C)=O. The van der Waals surface area contributed by atoms with Crippen molar-refractivity contribution in [2.75, 3.05) is 13.7 Å². The summed E-state index contributed by atoms with van der Waals surface area (Å²) in [5.41, 5.74) is 0. The van der Waals surface area contributed by atoms with Gasteiger partial charge in [0.1, 0.15) is 24.4 Å². The number of methoxy groups -OCH3 is 1. The molecule has 7 nitrogen and oxygen atoms in total. The minimum Gasteiger partial charge on any atom is -0.394 e. The highest BCUT2D eigenvalue weighted by Crippen LogP contribution is 2.21. The second-order valence-corrected chi connectivity index (χ2v) is 3.66. The van der Waals surface area contributed by atoms with Gasteiger partial charge in [-0.05, 0) is 0 Å². The molecule has 0 aliphatic carbocycles. The number of aliphatic hydroxyl groups is 3. The number of hydrogen-bond donors (Lipinski definition) is 4. The summed E-state index contributed by atoms with van der Waals surface area (Å²) >= 11 is 0. The van der Waals surface area contributed by atoms with E-state index in [0.29, 0.717) is 0 Å². The molecule has 1 fully saturated rings. The standard InChI is InChI=1S/C9H17NO6/c1-4(12)10-6-8(15-2)7(13)5(3-11)16-9(6)14/h5-9,11,13-14H,3H2,1-2H3,(H,10,12)/t5?,6-,7+,8?,9+/m1/s1. The molecule has 1 rings (SSSR count). The highest BCUT2D eigenvalue weighted by atomic mass is 16.6. The van der Waals surface area contributed by atoms with Gasteiger partial charge < -0.3 is 30.1 Å². The lowest BCUT2D eigenvalue weighted by Crippen LogP contribution is -2.64. The van der Waals surface area contributed by atoms with Crippen LogP contribution < -0.4 is 5.32 Å². The van der Waals surface area contributed by atoms with Gasteiger partial charge in [0.15, 0.2) is 6.29 Å². The largest absolute Gasteiger partial charge is 0.394 e. The fraction of sp³-hybridized carbons (Fsp3) is 0.889. The molecule has 0 aromatic rings. The lowest BCUT2D eigenvalue weighted by atomic mass is 9.97. The van der Waals surface area contributed by atoms with Gasteiger partial charge in [-0.1, -0.05) is 0 Å². The Hall–Kier alpha value is -0.730. The predicted octanol–water partition coefficient (Wildman–Crippen LogP) is -2.42. The van der Waals surface area contributed by atoms with E-state index in [2.05, 4.69) is 5.32 Å². The van der Waals surface area contributed by atoms with E-state index in [1.807, 2.05) is 0 Å². The average molecular weight is 235 g/mol. The third-order valence-electron chi connectivity index (χ3n) is 2.51. The lowest BCUT2D eigenvalue weighted by molar-refractivity contribution is -0.258. The molecule has 16 heavy (non-hydrogen) atoms. The van der Waals surface area contributed by atoms with Crippen LogP contribution in [0.5, 0.6) is 0 Å². The third kappa shape index (κ3) is 2.69. The smallest absolute Gasteiger partial charge is 0.217 e. The fourth-order valence-corrected chi connectivity index (χ4v) is 1.76. The number of ether oxygens (including phenoxy) is 2. The summed E-state index contributed by atoms with van der Waals surface area (Å²) in [6, 6.07) is -0.861. The summed E-state index contributed by atoms with van der Waals surface area (Å²) in [6.07, 6.45) is -4.19. The Bertz CT molecular complexity index is 248. The van der Waals surface area contributed by atoms with Crippen LogP contribution in [-0.2, 0) is 14.3 Å². The van der Waals surface area contributed by atoms with Gasteiger partial charge in [0.05, 0.1) is 6.61 Å². The van der Waals surface area contributed by atoms with Gasteiger partial charge in [0.25, 0.3) is 0 Å². The Morgan fingerprint density at radius 1 is 1.50 bits per heavy atom. The van der Waals surface area contributed by atoms with Gasteiger partial charge in [0.2, 0.25) is 5.91 Å². The van der Waals surface area contributed by atoms with Crippen molar-refractivity contribution in [3.05, 3.63) is 0 Å². The van der Waals surface area contributed by atoms with Crippen LogP contribution in [0.1, 0.15) is 6.92 Å². The molecule has 0 radical (unpaired) electrons. The fourth-order valence-electron chi connectivity index (χ4n) is 1.76. The number of amides is 1. The van der Waals surface area contributed by atoms with Gasteiger partial charge >= 0.3 is 0 Å². The maximum Gasteiger partial charge on any atom is 0.217 e. The zero-order valence-electron chi connectivity index (χ0n) is 9.16. The van der Waals surface area contributed by atoms with Crippen molar-refractivity contribution < 1.29 is 29.6 Å². The van der Waals surface area contributed by atoms with E-state index < -0.39 is 37.3 Å².